The fourth-order valence-electron chi connectivity index (χ4n) is 2.02. The molecule has 0 unspecified atom stereocenters. The Labute approximate surface area is 124 Å². The molecule has 0 radical (unpaired) electrons. The first-order valence-electron chi connectivity index (χ1n) is 7.40. The number of benzene rings is 1. The van der Waals surface area contributed by atoms with Gasteiger partial charge >= 0.3 is 0 Å². The van der Waals surface area contributed by atoms with E-state index in [2.05, 4.69) is 70.2 Å². The van der Waals surface area contributed by atoms with Gasteiger partial charge in [-0.2, -0.15) is 0 Å². The van der Waals surface area contributed by atoms with Gasteiger partial charge in [0.2, 0.25) is 0 Å². The maximum absolute atomic E-state index is 5.95. The van der Waals surface area contributed by atoms with E-state index < -0.39 is 0 Å². The second kappa shape index (κ2) is 7.65. The lowest BCUT2D eigenvalue weighted by Crippen LogP contribution is -2.29. The summed E-state index contributed by atoms with van der Waals surface area (Å²) in [6.07, 6.45) is 0. The van der Waals surface area contributed by atoms with Crippen molar-refractivity contribution < 1.29 is 4.74 Å². The third-order valence-corrected chi connectivity index (χ3v) is 3.22. The summed E-state index contributed by atoms with van der Waals surface area (Å²) in [5.41, 5.74) is 2.68. The minimum atomic E-state index is 0.111. The molecule has 3 heteroatoms. The molecule has 1 aromatic carbocycles. The van der Waals surface area contributed by atoms with Gasteiger partial charge in [-0.1, -0.05) is 38.5 Å². The Morgan fingerprint density at radius 2 is 1.85 bits per heavy atom. The van der Waals surface area contributed by atoms with Crippen LogP contribution < -0.4 is 10.1 Å². The van der Waals surface area contributed by atoms with E-state index in [1.54, 1.807) is 0 Å². The molecule has 0 heterocycles. The van der Waals surface area contributed by atoms with Crippen LogP contribution in [0.15, 0.2) is 18.2 Å². The van der Waals surface area contributed by atoms with Crippen LogP contribution in [0.5, 0.6) is 5.75 Å². The van der Waals surface area contributed by atoms with Gasteiger partial charge in [-0.05, 0) is 38.1 Å². The molecule has 114 valence electrons. The second-order valence-electron chi connectivity index (χ2n) is 6.65. The van der Waals surface area contributed by atoms with Crippen LogP contribution >= 0.6 is 0 Å². The van der Waals surface area contributed by atoms with Gasteiger partial charge in [0.25, 0.3) is 0 Å². The summed E-state index contributed by atoms with van der Waals surface area (Å²) in [6, 6.07) is 6.44. The zero-order valence-corrected chi connectivity index (χ0v) is 13.9. The Hall–Kier alpha value is -1.06. The van der Waals surface area contributed by atoms with Crippen molar-refractivity contribution in [2.45, 2.75) is 33.1 Å². The number of ether oxygens (including phenoxy) is 1. The van der Waals surface area contributed by atoms with Gasteiger partial charge in [0.15, 0.2) is 0 Å². The highest BCUT2D eigenvalue weighted by molar-refractivity contribution is 5.41. The molecule has 0 amide bonds. The summed E-state index contributed by atoms with van der Waals surface area (Å²) >= 11 is 0. The molecule has 0 saturated heterocycles. The third kappa shape index (κ3) is 5.93. The zero-order valence-electron chi connectivity index (χ0n) is 13.9. The quantitative estimate of drug-likeness (QED) is 0.776. The molecular weight excluding hydrogens is 248 g/mol. The Bertz CT molecular complexity index is 408. The maximum atomic E-state index is 5.95. The van der Waals surface area contributed by atoms with Crippen molar-refractivity contribution in [3.8, 4) is 5.75 Å². The Morgan fingerprint density at radius 1 is 1.15 bits per heavy atom. The van der Waals surface area contributed by atoms with Gasteiger partial charge < -0.3 is 15.0 Å². The number of hydrogen-bond donors (Lipinski definition) is 1. The van der Waals surface area contributed by atoms with E-state index in [0.29, 0.717) is 6.61 Å². The lowest BCUT2D eigenvalue weighted by atomic mass is 9.85. The number of likely N-dealkylation sites (N-methyl/N-ethyl adjacent to an activating group) is 1. The predicted molar refractivity (Wildman–Crippen MR) is 86.8 cm³/mol. The molecule has 3 nitrogen and oxygen atoms in total. The number of nitrogens with one attached hydrogen (secondary N) is 1. The van der Waals surface area contributed by atoms with Crippen LogP contribution in [-0.2, 0) is 5.41 Å². The monoisotopic (exact) mass is 278 g/mol. The number of rotatable bonds is 7. The average molecular weight is 278 g/mol. The summed E-state index contributed by atoms with van der Waals surface area (Å²) in [7, 11) is 4.17. The van der Waals surface area contributed by atoms with Crippen molar-refractivity contribution in [1.29, 1.82) is 0 Å². The summed E-state index contributed by atoms with van der Waals surface area (Å²) in [5.74, 6) is 1.01. The van der Waals surface area contributed by atoms with Crippen LogP contribution in [0.25, 0.3) is 0 Å². The van der Waals surface area contributed by atoms with E-state index in [0.717, 1.165) is 25.4 Å². The zero-order chi connectivity index (χ0) is 15.2. The lowest BCUT2D eigenvalue weighted by molar-refractivity contribution is 0.301. The standard InChI is InChI=1S/C17H30N2O/c1-14-7-8-16(15(13-14)17(2,3)4)20-12-10-18-9-11-19(5)6/h7-8,13,18H,9-12H2,1-6H3. The smallest absolute Gasteiger partial charge is 0.123 e. The molecular formula is C17H30N2O. The normalized spacial score (nSPS) is 11.9. The highest BCUT2D eigenvalue weighted by Crippen LogP contribution is 2.31. The summed E-state index contributed by atoms with van der Waals surface area (Å²) in [6.45, 7) is 12.4. The number of aryl methyl sites for hydroxylation is 1. The van der Waals surface area contributed by atoms with Gasteiger partial charge in [-0.3, -0.25) is 0 Å². The number of nitrogens with zero attached hydrogens (tertiary/aromatic N) is 1. The predicted octanol–water partition coefficient (Wildman–Crippen LogP) is 2.82. The second-order valence-corrected chi connectivity index (χ2v) is 6.65. The first kappa shape index (κ1) is 17.0. The van der Waals surface area contributed by atoms with Gasteiger partial charge in [-0.25, -0.2) is 0 Å². The van der Waals surface area contributed by atoms with Crippen LogP contribution in [0.4, 0.5) is 0 Å². The van der Waals surface area contributed by atoms with E-state index in [-0.39, 0.29) is 5.41 Å². The molecule has 1 rings (SSSR count). The highest BCUT2D eigenvalue weighted by Gasteiger charge is 2.18. The SMILES string of the molecule is Cc1ccc(OCCNCCN(C)C)c(C(C)(C)C)c1. The molecule has 1 N–H and O–H groups in total. The summed E-state index contributed by atoms with van der Waals surface area (Å²) in [5, 5.41) is 3.39. The van der Waals surface area contributed by atoms with E-state index in [4.69, 9.17) is 4.74 Å². The van der Waals surface area contributed by atoms with Crippen LogP contribution in [0.2, 0.25) is 0 Å². The Kier molecular flexibility index (Phi) is 6.50. The van der Waals surface area contributed by atoms with Gasteiger partial charge in [0.05, 0.1) is 0 Å². The molecule has 20 heavy (non-hydrogen) atoms. The van der Waals surface area contributed by atoms with E-state index >= 15 is 0 Å². The molecule has 0 bridgehead atoms. The molecule has 0 fully saturated rings. The van der Waals surface area contributed by atoms with Crippen molar-refractivity contribution in [3.63, 3.8) is 0 Å². The summed E-state index contributed by atoms with van der Waals surface area (Å²) in [4.78, 5) is 2.17. The van der Waals surface area contributed by atoms with E-state index in [1.165, 1.54) is 11.1 Å². The molecule has 0 aliphatic heterocycles. The van der Waals surface area contributed by atoms with Crippen LogP contribution in [0.3, 0.4) is 0 Å². The molecule has 0 atom stereocenters. The van der Waals surface area contributed by atoms with Crippen molar-refractivity contribution in [2.75, 3.05) is 40.3 Å². The largest absolute Gasteiger partial charge is 0.492 e. The average Bonchev–Trinajstić information content (AvgIpc) is 2.33. The third-order valence-electron chi connectivity index (χ3n) is 3.22. The van der Waals surface area contributed by atoms with Crippen molar-refractivity contribution >= 4 is 0 Å². The minimum absolute atomic E-state index is 0.111. The van der Waals surface area contributed by atoms with Crippen LogP contribution in [0.1, 0.15) is 31.9 Å². The topological polar surface area (TPSA) is 24.5 Å². The highest BCUT2D eigenvalue weighted by atomic mass is 16.5. The first-order valence-corrected chi connectivity index (χ1v) is 7.40. The van der Waals surface area contributed by atoms with Crippen LogP contribution in [0, 0.1) is 6.92 Å². The van der Waals surface area contributed by atoms with Crippen molar-refractivity contribution in [2.24, 2.45) is 0 Å². The molecule has 0 spiro atoms. The van der Waals surface area contributed by atoms with Crippen molar-refractivity contribution in [1.82, 2.24) is 10.2 Å². The Balaban J connectivity index is 2.48. The molecule has 0 aliphatic rings. The van der Waals surface area contributed by atoms with E-state index in [9.17, 15) is 0 Å². The summed E-state index contributed by atoms with van der Waals surface area (Å²) < 4.78 is 5.95. The molecule has 0 aromatic heterocycles. The molecule has 0 aliphatic carbocycles. The Morgan fingerprint density at radius 3 is 2.45 bits per heavy atom. The fourth-order valence-corrected chi connectivity index (χ4v) is 2.02. The lowest BCUT2D eigenvalue weighted by Gasteiger charge is -2.23. The van der Waals surface area contributed by atoms with Gasteiger partial charge in [0.1, 0.15) is 12.4 Å². The minimum Gasteiger partial charge on any atom is -0.492 e. The van der Waals surface area contributed by atoms with Gasteiger partial charge in [-0.15, -0.1) is 0 Å². The van der Waals surface area contributed by atoms with Crippen molar-refractivity contribution in [3.05, 3.63) is 29.3 Å². The first-order chi connectivity index (χ1) is 9.30. The van der Waals surface area contributed by atoms with E-state index in [1.807, 2.05) is 0 Å². The fraction of sp³-hybridized carbons (Fsp3) is 0.647. The molecule has 0 saturated carbocycles. The van der Waals surface area contributed by atoms with Gasteiger partial charge in [0, 0.05) is 19.6 Å². The number of hydrogen-bond acceptors (Lipinski definition) is 3. The maximum Gasteiger partial charge on any atom is 0.123 e. The van der Waals surface area contributed by atoms with Crippen LogP contribution in [-0.4, -0.2) is 45.2 Å². The molecule has 1 aromatic rings.